The summed E-state index contributed by atoms with van der Waals surface area (Å²) in [7, 11) is 0. The summed E-state index contributed by atoms with van der Waals surface area (Å²) in [6.07, 6.45) is -0.930. The van der Waals surface area contributed by atoms with Crippen LogP contribution < -0.4 is 5.32 Å². The second-order valence-electron chi connectivity index (χ2n) is 7.01. The molecule has 0 unspecified atom stereocenters. The lowest BCUT2D eigenvalue weighted by molar-refractivity contribution is -0.137. The third-order valence-corrected chi connectivity index (χ3v) is 4.87. The van der Waals surface area contributed by atoms with Gasteiger partial charge >= 0.3 is 6.18 Å². The average molecular weight is 420 g/mol. The van der Waals surface area contributed by atoms with Crippen LogP contribution in [-0.4, -0.2) is 35.8 Å². The molecule has 0 aliphatic carbocycles. The van der Waals surface area contributed by atoms with Crippen molar-refractivity contribution in [2.24, 2.45) is 0 Å². The summed E-state index contributed by atoms with van der Waals surface area (Å²) in [5.74, 6) is -1.38. The van der Waals surface area contributed by atoms with E-state index in [1.807, 2.05) is 0 Å². The minimum atomic E-state index is -4.44. The Kier molecular flexibility index (Phi) is 6.54. The summed E-state index contributed by atoms with van der Waals surface area (Å²) in [6, 6.07) is 10.3. The predicted molar refractivity (Wildman–Crippen MR) is 104 cm³/mol. The number of carbonyl (C=O) groups excluding carboxylic acids is 2. The molecule has 30 heavy (non-hydrogen) atoms. The van der Waals surface area contributed by atoms with E-state index in [1.54, 1.807) is 11.0 Å². The first-order valence-electron chi connectivity index (χ1n) is 9.43. The second kappa shape index (κ2) is 9.11. The van der Waals surface area contributed by atoms with Gasteiger partial charge < -0.3 is 10.2 Å². The molecule has 3 rings (SSSR count). The van der Waals surface area contributed by atoms with E-state index < -0.39 is 23.5 Å². The highest BCUT2D eigenvalue weighted by Crippen LogP contribution is 2.29. The number of alkyl halides is 3. The molecule has 0 atom stereocenters. The SMILES string of the molecule is O=C(/C=C/c1cccc(C(F)(F)F)c1)NC1CCN(C(=O)c2ccccc2F)CC1. The Morgan fingerprint density at radius 3 is 2.40 bits per heavy atom. The number of nitrogens with zero attached hydrogens (tertiary/aromatic N) is 1. The van der Waals surface area contributed by atoms with Crippen molar-refractivity contribution in [2.75, 3.05) is 13.1 Å². The highest BCUT2D eigenvalue weighted by atomic mass is 19.4. The fourth-order valence-corrected chi connectivity index (χ4v) is 3.27. The smallest absolute Gasteiger partial charge is 0.350 e. The van der Waals surface area contributed by atoms with Gasteiger partial charge in [-0.1, -0.05) is 24.3 Å². The molecule has 0 spiro atoms. The third-order valence-electron chi connectivity index (χ3n) is 4.87. The zero-order chi connectivity index (χ0) is 21.7. The largest absolute Gasteiger partial charge is 0.416 e. The molecular formula is C22H20F4N2O2. The quantitative estimate of drug-likeness (QED) is 0.593. The number of hydrogen-bond donors (Lipinski definition) is 1. The van der Waals surface area contributed by atoms with Crippen LogP contribution >= 0.6 is 0 Å². The molecule has 2 aromatic carbocycles. The van der Waals surface area contributed by atoms with Gasteiger partial charge in [0.05, 0.1) is 11.1 Å². The van der Waals surface area contributed by atoms with Gasteiger partial charge in [-0.25, -0.2) is 4.39 Å². The van der Waals surface area contributed by atoms with Gasteiger partial charge in [-0.3, -0.25) is 9.59 Å². The van der Waals surface area contributed by atoms with Crippen LogP contribution in [0.1, 0.15) is 34.3 Å². The van der Waals surface area contributed by atoms with E-state index in [-0.39, 0.29) is 23.1 Å². The first-order chi connectivity index (χ1) is 14.2. The molecule has 1 aliphatic rings. The summed E-state index contributed by atoms with van der Waals surface area (Å²) >= 11 is 0. The molecule has 1 fully saturated rings. The van der Waals surface area contributed by atoms with Crippen LogP contribution in [0.25, 0.3) is 6.08 Å². The summed E-state index contributed by atoms with van der Waals surface area (Å²) < 4.78 is 52.0. The van der Waals surface area contributed by atoms with E-state index in [1.165, 1.54) is 42.5 Å². The van der Waals surface area contributed by atoms with Gasteiger partial charge in [0.2, 0.25) is 5.91 Å². The minimum absolute atomic E-state index is 0.0176. The lowest BCUT2D eigenvalue weighted by Crippen LogP contribution is -2.46. The topological polar surface area (TPSA) is 49.4 Å². The molecule has 2 aromatic rings. The first-order valence-corrected chi connectivity index (χ1v) is 9.43. The average Bonchev–Trinajstić information content (AvgIpc) is 2.72. The van der Waals surface area contributed by atoms with Gasteiger partial charge in [0.25, 0.3) is 5.91 Å². The van der Waals surface area contributed by atoms with Crippen molar-refractivity contribution in [1.82, 2.24) is 10.2 Å². The van der Waals surface area contributed by atoms with Crippen molar-refractivity contribution >= 4 is 17.9 Å². The maximum atomic E-state index is 13.8. The fraction of sp³-hybridized carbons (Fsp3) is 0.273. The summed E-state index contributed by atoms with van der Waals surface area (Å²) in [5.41, 5.74) is -0.494. The van der Waals surface area contributed by atoms with Gasteiger partial charge in [0, 0.05) is 25.2 Å². The van der Waals surface area contributed by atoms with Crippen molar-refractivity contribution in [1.29, 1.82) is 0 Å². The summed E-state index contributed by atoms with van der Waals surface area (Å²) in [4.78, 5) is 26.1. The molecule has 158 valence electrons. The number of halogens is 4. The molecule has 0 radical (unpaired) electrons. The standard InChI is InChI=1S/C22H20F4N2O2/c23-19-7-2-1-6-18(19)21(30)28-12-10-17(11-13-28)27-20(29)9-8-15-4-3-5-16(14-15)22(24,25)26/h1-9,14,17H,10-13H2,(H,27,29)/b9-8+. The number of nitrogens with one attached hydrogen (secondary N) is 1. The second-order valence-corrected chi connectivity index (χ2v) is 7.01. The third kappa shape index (κ3) is 5.46. The highest BCUT2D eigenvalue weighted by molar-refractivity contribution is 5.94. The van der Waals surface area contributed by atoms with Gasteiger partial charge in [0.1, 0.15) is 5.82 Å². The lowest BCUT2D eigenvalue weighted by atomic mass is 10.0. The van der Waals surface area contributed by atoms with Crippen molar-refractivity contribution in [3.63, 3.8) is 0 Å². The Labute approximate surface area is 171 Å². The Balaban J connectivity index is 1.51. The minimum Gasteiger partial charge on any atom is -0.350 e. The van der Waals surface area contributed by atoms with Gasteiger partial charge in [0.15, 0.2) is 0 Å². The van der Waals surface area contributed by atoms with Crippen molar-refractivity contribution in [2.45, 2.75) is 25.1 Å². The molecule has 0 saturated carbocycles. The van der Waals surface area contributed by atoms with Crippen molar-refractivity contribution < 1.29 is 27.2 Å². The fourth-order valence-electron chi connectivity index (χ4n) is 3.27. The van der Waals surface area contributed by atoms with Crippen LogP contribution in [0, 0.1) is 5.82 Å². The molecule has 2 amide bonds. The van der Waals surface area contributed by atoms with Crippen molar-refractivity contribution in [3.8, 4) is 0 Å². The molecule has 4 nitrogen and oxygen atoms in total. The van der Waals surface area contributed by atoms with E-state index in [0.29, 0.717) is 25.9 Å². The van der Waals surface area contributed by atoms with Crippen LogP contribution in [0.3, 0.4) is 0 Å². The van der Waals surface area contributed by atoms with Crippen molar-refractivity contribution in [3.05, 3.63) is 77.1 Å². The summed E-state index contributed by atoms with van der Waals surface area (Å²) in [6.45, 7) is 0.741. The number of rotatable bonds is 4. The number of piperidine rings is 1. The van der Waals surface area contributed by atoms with E-state index >= 15 is 0 Å². The predicted octanol–water partition coefficient (Wildman–Crippen LogP) is 4.28. The first kappa shape index (κ1) is 21.5. The number of carbonyl (C=O) groups is 2. The van der Waals surface area contributed by atoms with Crippen LogP contribution in [0.15, 0.2) is 54.6 Å². The summed E-state index contributed by atoms with van der Waals surface area (Å²) in [5, 5.41) is 2.78. The van der Waals surface area contributed by atoms with E-state index in [9.17, 15) is 27.2 Å². The molecule has 0 aromatic heterocycles. The maximum absolute atomic E-state index is 13.8. The Morgan fingerprint density at radius 2 is 1.73 bits per heavy atom. The maximum Gasteiger partial charge on any atom is 0.416 e. The van der Waals surface area contributed by atoms with Crippen LogP contribution in [0.2, 0.25) is 0 Å². The van der Waals surface area contributed by atoms with Crippen LogP contribution in [-0.2, 0) is 11.0 Å². The zero-order valence-electron chi connectivity index (χ0n) is 16.0. The number of amides is 2. The normalized spacial score (nSPS) is 15.4. The van der Waals surface area contributed by atoms with E-state index in [0.717, 1.165) is 12.1 Å². The molecule has 1 N–H and O–H groups in total. The molecule has 1 saturated heterocycles. The zero-order valence-corrected chi connectivity index (χ0v) is 16.0. The Hall–Kier alpha value is -3.16. The molecule has 1 heterocycles. The molecular weight excluding hydrogens is 400 g/mol. The number of benzene rings is 2. The lowest BCUT2D eigenvalue weighted by Gasteiger charge is -2.32. The van der Waals surface area contributed by atoms with E-state index in [2.05, 4.69) is 5.32 Å². The van der Waals surface area contributed by atoms with E-state index in [4.69, 9.17) is 0 Å². The van der Waals surface area contributed by atoms with Gasteiger partial charge in [-0.2, -0.15) is 13.2 Å². The monoisotopic (exact) mass is 420 g/mol. The molecule has 1 aliphatic heterocycles. The molecule has 0 bridgehead atoms. The van der Waals surface area contributed by atoms with Gasteiger partial charge in [-0.15, -0.1) is 0 Å². The van der Waals surface area contributed by atoms with Gasteiger partial charge in [-0.05, 0) is 48.7 Å². The van der Waals surface area contributed by atoms with Crippen LogP contribution in [0.5, 0.6) is 0 Å². The Bertz CT molecular complexity index is 948. The highest BCUT2D eigenvalue weighted by Gasteiger charge is 2.30. The Morgan fingerprint density at radius 1 is 1.03 bits per heavy atom. The number of hydrogen-bond acceptors (Lipinski definition) is 2. The van der Waals surface area contributed by atoms with Crippen LogP contribution in [0.4, 0.5) is 17.6 Å². The molecule has 8 heteroatoms. The number of likely N-dealkylation sites (tertiary alicyclic amines) is 1.